The average Bonchev–Trinajstić information content (AvgIpc) is 2.53. The van der Waals surface area contributed by atoms with E-state index in [2.05, 4.69) is 35.8 Å². The Morgan fingerprint density at radius 2 is 2.43 bits per heavy atom. The molecule has 0 radical (unpaired) electrons. The molecular formula is C9H15NP4. The number of nitrogens with zero attached hydrogens (tertiary/aromatic N) is 1. The summed E-state index contributed by atoms with van der Waals surface area (Å²) in [5.41, 5.74) is 3.82. The van der Waals surface area contributed by atoms with Crippen molar-refractivity contribution in [1.82, 2.24) is 4.98 Å². The number of hydrogen-bond donors (Lipinski definition) is 0. The third-order valence-electron chi connectivity index (χ3n) is 2.79. The van der Waals surface area contributed by atoms with Crippen LogP contribution in [0.5, 0.6) is 0 Å². The second-order valence-electron chi connectivity index (χ2n) is 3.74. The Morgan fingerprint density at radius 3 is 3.14 bits per heavy atom. The highest BCUT2D eigenvalue weighted by atomic mass is 32.6. The smallest absolute Gasteiger partial charge is 0.0302 e. The maximum atomic E-state index is 4.21. The molecule has 1 aromatic heterocycles. The summed E-state index contributed by atoms with van der Waals surface area (Å²) < 4.78 is 0. The number of fused-ring (bicyclic) bond motifs is 1. The number of aromatic nitrogens is 1. The minimum atomic E-state index is 0.0742. The van der Waals surface area contributed by atoms with Gasteiger partial charge in [0.1, 0.15) is 0 Å². The summed E-state index contributed by atoms with van der Waals surface area (Å²) in [6.07, 6.45) is 5.20. The first-order chi connectivity index (χ1) is 6.74. The van der Waals surface area contributed by atoms with Crippen molar-refractivity contribution in [2.45, 2.75) is 19.0 Å². The molecule has 1 aliphatic carbocycles. The van der Waals surface area contributed by atoms with E-state index >= 15 is 0 Å². The van der Waals surface area contributed by atoms with Crippen LogP contribution in [0, 0.1) is 5.92 Å². The van der Waals surface area contributed by atoms with Crippen LogP contribution in [0.15, 0.2) is 18.5 Å². The number of rotatable bonds is 2. The summed E-state index contributed by atoms with van der Waals surface area (Å²) >= 11 is 0. The van der Waals surface area contributed by atoms with Gasteiger partial charge in [-0.15, -0.1) is 17.9 Å². The van der Waals surface area contributed by atoms with Gasteiger partial charge in [0.05, 0.1) is 0 Å². The van der Waals surface area contributed by atoms with E-state index in [1.54, 1.807) is 5.56 Å². The van der Waals surface area contributed by atoms with Gasteiger partial charge in [-0.05, 0) is 29.5 Å². The lowest BCUT2D eigenvalue weighted by Crippen LogP contribution is -1.97. The van der Waals surface area contributed by atoms with Gasteiger partial charge in [0.2, 0.25) is 0 Å². The fraction of sp³-hybridized carbons (Fsp3) is 0.444. The molecule has 6 atom stereocenters. The third-order valence-corrected chi connectivity index (χ3v) is 13.9. The first-order valence-corrected chi connectivity index (χ1v) is 11.3. The predicted molar refractivity (Wildman–Crippen MR) is 74.5 cm³/mol. The second-order valence-corrected chi connectivity index (χ2v) is 13.2. The molecule has 0 fully saturated rings. The van der Waals surface area contributed by atoms with Crippen molar-refractivity contribution in [3.8, 4) is 0 Å². The Kier molecular flexibility index (Phi) is 3.90. The molecule has 1 aliphatic rings. The van der Waals surface area contributed by atoms with Crippen LogP contribution in [0.1, 0.15) is 23.7 Å². The van der Waals surface area contributed by atoms with Crippen LogP contribution in [0.3, 0.4) is 0 Å². The van der Waals surface area contributed by atoms with Crippen LogP contribution in [0.2, 0.25) is 0 Å². The molecule has 5 heteroatoms. The van der Waals surface area contributed by atoms with E-state index in [1.807, 2.05) is 12.4 Å². The average molecular weight is 261 g/mol. The molecule has 0 bridgehead atoms. The minimum absolute atomic E-state index is 0.0742. The molecule has 0 saturated carbocycles. The molecule has 0 aliphatic heterocycles. The van der Waals surface area contributed by atoms with E-state index in [0.717, 1.165) is 19.5 Å². The largest absolute Gasteiger partial charge is 0.264 e. The molecule has 76 valence electrons. The van der Waals surface area contributed by atoms with Crippen molar-refractivity contribution in [3.63, 3.8) is 0 Å². The van der Waals surface area contributed by atoms with Crippen LogP contribution >= 0.6 is 33.1 Å². The van der Waals surface area contributed by atoms with Gasteiger partial charge in [-0.1, -0.05) is 22.2 Å². The highest BCUT2D eigenvalue weighted by Gasteiger charge is 2.32. The van der Waals surface area contributed by atoms with E-state index < -0.39 is 0 Å². The fourth-order valence-corrected chi connectivity index (χ4v) is 8.00. The lowest BCUT2D eigenvalue weighted by Gasteiger charge is -2.23. The topological polar surface area (TPSA) is 12.9 Å². The summed E-state index contributed by atoms with van der Waals surface area (Å²) in [5.74, 6) is 0.797. The minimum Gasteiger partial charge on any atom is -0.264 e. The van der Waals surface area contributed by atoms with Gasteiger partial charge in [-0.2, -0.15) is 0 Å². The van der Waals surface area contributed by atoms with Crippen molar-refractivity contribution >= 4 is 33.1 Å². The van der Waals surface area contributed by atoms with Crippen LogP contribution < -0.4 is 0 Å². The van der Waals surface area contributed by atoms with Gasteiger partial charge in [0.15, 0.2) is 0 Å². The van der Waals surface area contributed by atoms with Crippen LogP contribution in [-0.4, -0.2) is 4.98 Å². The lowest BCUT2D eigenvalue weighted by molar-refractivity contribution is 0.613. The van der Waals surface area contributed by atoms with Crippen molar-refractivity contribution in [3.05, 3.63) is 29.6 Å². The molecule has 0 N–H and O–H groups in total. The normalized spacial score (nSPS) is 28.2. The zero-order valence-electron chi connectivity index (χ0n) is 8.14. The van der Waals surface area contributed by atoms with E-state index in [0.29, 0.717) is 0 Å². The van der Waals surface area contributed by atoms with Gasteiger partial charge in [-0.3, -0.25) is 4.98 Å². The van der Waals surface area contributed by atoms with E-state index in [9.17, 15) is 0 Å². The van der Waals surface area contributed by atoms with Crippen LogP contribution in [0.4, 0.5) is 0 Å². The Labute approximate surface area is 92.9 Å². The molecular weight excluding hydrogens is 246 g/mol. The van der Waals surface area contributed by atoms with Gasteiger partial charge >= 0.3 is 0 Å². The van der Waals surface area contributed by atoms with Crippen molar-refractivity contribution < 1.29 is 0 Å². The summed E-state index contributed by atoms with van der Waals surface area (Å²) in [6.45, 7) is 2.37. The first kappa shape index (κ1) is 11.4. The maximum absolute atomic E-state index is 4.21. The summed E-state index contributed by atoms with van der Waals surface area (Å²) in [4.78, 5) is 4.21. The van der Waals surface area contributed by atoms with Gasteiger partial charge in [-0.25, -0.2) is 0 Å². The SMILES string of the molecule is CC1Cc2cnccc2C1P(P)PP. The Hall–Kier alpha value is 0.870. The first-order valence-electron chi connectivity index (χ1n) is 4.67. The molecule has 1 nitrogen and oxygen atoms in total. The monoisotopic (exact) mass is 261 g/mol. The highest BCUT2D eigenvalue weighted by Crippen LogP contribution is 2.77. The molecule has 0 spiro atoms. The molecule has 0 aromatic carbocycles. The summed E-state index contributed by atoms with van der Waals surface area (Å²) in [6, 6.07) is 2.22. The van der Waals surface area contributed by atoms with Crippen molar-refractivity contribution in [2.24, 2.45) is 5.92 Å². The molecule has 0 amide bonds. The molecule has 0 saturated heterocycles. The summed E-state index contributed by atoms with van der Waals surface area (Å²) in [5, 5.41) is 0. The fourth-order valence-electron chi connectivity index (χ4n) is 2.17. The van der Waals surface area contributed by atoms with E-state index in [4.69, 9.17) is 0 Å². The molecule has 1 aromatic rings. The predicted octanol–water partition coefficient (Wildman–Crippen LogP) is 3.97. The number of pyridine rings is 1. The van der Waals surface area contributed by atoms with Crippen LogP contribution in [0.25, 0.3) is 0 Å². The van der Waals surface area contributed by atoms with E-state index in [1.165, 1.54) is 12.0 Å². The third kappa shape index (κ3) is 2.03. The zero-order chi connectivity index (χ0) is 10.1. The van der Waals surface area contributed by atoms with Crippen LogP contribution in [-0.2, 0) is 6.42 Å². The second kappa shape index (κ2) is 4.80. The summed E-state index contributed by atoms with van der Waals surface area (Å²) in [7, 11) is 7.02. The van der Waals surface area contributed by atoms with Gasteiger partial charge in [0.25, 0.3) is 0 Å². The zero-order valence-corrected chi connectivity index (χ0v) is 12.3. The lowest BCUT2D eigenvalue weighted by atomic mass is 10.1. The Morgan fingerprint density at radius 1 is 1.64 bits per heavy atom. The quantitative estimate of drug-likeness (QED) is 0.734. The Bertz CT molecular complexity index is 326. The number of hydrogen-bond acceptors (Lipinski definition) is 1. The molecule has 2 rings (SSSR count). The standard InChI is InChI=1S/C9H15NP4/c1-6-4-7-5-10-3-2-8(7)9(6)14(12)13-11/h2-3,5-6,9,13H,4,11-12H2,1H3. The highest BCUT2D eigenvalue weighted by molar-refractivity contribution is 8.61. The Balaban J connectivity index is 2.34. The molecule has 1 heterocycles. The van der Waals surface area contributed by atoms with Gasteiger partial charge in [0, 0.05) is 18.1 Å². The van der Waals surface area contributed by atoms with Crippen molar-refractivity contribution in [1.29, 1.82) is 0 Å². The maximum Gasteiger partial charge on any atom is 0.0302 e. The molecule has 6 unspecified atom stereocenters. The van der Waals surface area contributed by atoms with Gasteiger partial charge < -0.3 is 0 Å². The molecule has 14 heavy (non-hydrogen) atoms. The van der Waals surface area contributed by atoms with Crippen molar-refractivity contribution in [2.75, 3.05) is 0 Å². The van der Waals surface area contributed by atoms with E-state index in [-0.39, 0.29) is 7.30 Å².